The van der Waals surface area contributed by atoms with Crippen molar-refractivity contribution in [3.05, 3.63) is 231 Å². The summed E-state index contributed by atoms with van der Waals surface area (Å²) in [6.45, 7) is 0.363. The van der Waals surface area contributed by atoms with Crippen molar-refractivity contribution in [1.82, 2.24) is 0 Å². The molecule has 348 valence electrons. The minimum atomic E-state index is 0.0909. The molecule has 6 heteroatoms. The van der Waals surface area contributed by atoms with E-state index in [4.69, 9.17) is 0 Å². The molecular weight excluding hydrogens is 936 g/mol. The van der Waals surface area contributed by atoms with Crippen LogP contribution in [0.2, 0.25) is 0 Å². The average molecular weight is 974 g/mol. The zero-order valence-electron chi connectivity index (χ0n) is 42.1. The van der Waals surface area contributed by atoms with Crippen LogP contribution >= 0.6 is 0 Å². The molecule has 9 heterocycles. The zero-order chi connectivity index (χ0) is 50.0. The van der Waals surface area contributed by atoms with Crippen LogP contribution in [0.1, 0.15) is 0 Å². The molecule has 0 atom stereocenters. The van der Waals surface area contributed by atoms with Gasteiger partial charge in [-0.1, -0.05) is 216 Å². The highest BCUT2D eigenvalue weighted by Gasteiger charge is 2.60. The summed E-state index contributed by atoms with van der Waals surface area (Å²) in [5, 5.41) is 0. The third-order valence-electron chi connectivity index (χ3n) is 20.0. The summed E-state index contributed by atoms with van der Waals surface area (Å²) in [6.07, 6.45) is 0. The summed E-state index contributed by atoms with van der Waals surface area (Å²) in [5.41, 5.74) is 46.8. The van der Waals surface area contributed by atoms with Crippen LogP contribution in [0.4, 0.5) is 34.1 Å². The second kappa shape index (κ2) is 13.5. The predicted octanol–water partition coefficient (Wildman–Crippen LogP) is 8.85. The lowest BCUT2D eigenvalue weighted by Gasteiger charge is -2.54. The highest BCUT2D eigenvalue weighted by Crippen LogP contribution is 2.59. The van der Waals surface area contributed by atoms with Gasteiger partial charge in [0.25, 0.3) is 0 Å². The molecule has 78 heavy (non-hydrogen) atoms. The molecule has 0 radical (unpaired) electrons. The van der Waals surface area contributed by atoms with Gasteiger partial charge in [-0.25, -0.2) is 0 Å². The molecule has 0 fully saturated rings. The Morgan fingerprint density at radius 3 is 0.654 bits per heavy atom. The number of fused-ring (bicyclic) bond motifs is 16. The Morgan fingerprint density at radius 1 is 0.179 bits per heavy atom. The first-order valence-electron chi connectivity index (χ1n) is 27.9. The van der Waals surface area contributed by atoms with Crippen LogP contribution in [-0.4, -0.2) is 26.9 Å². The molecule has 2 nitrogen and oxygen atoms in total. The van der Waals surface area contributed by atoms with E-state index in [2.05, 4.69) is 240 Å². The standard InChI is InChI=1S/C72H38B4N2/c1-5-13-39(14-6-1)43-21-25-55-47(33-43)51-37-52-48-34-44(40-15-7-2-8-16-40)22-26-56(48)74-61-31-32-62-70-69(61)77-67-59(73(55)63(51)71(77)64(52)74)29-30-60-68(67)78(70)72-65-53(49-35-45(23-27-57(49)75(60)65)41-17-9-3-10-18-41)38-54-50-36-46(42-19-11-4-12-20-42)24-28-58(50)76(62)66(54)72/h1-38H. The summed E-state index contributed by atoms with van der Waals surface area (Å²) in [7, 11) is 0. The van der Waals surface area contributed by atoms with Crippen molar-refractivity contribution < 1.29 is 0 Å². The minimum absolute atomic E-state index is 0.0909. The molecule has 0 N–H and O–H groups in total. The number of rotatable bonds is 4. The van der Waals surface area contributed by atoms with Crippen LogP contribution in [0, 0.1) is 0 Å². The highest BCUT2D eigenvalue weighted by atomic mass is 15.3. The Labute approximate surface area is 453 Å². The monoisotopic (exact) mass is 974 g/mol. The van der Waals surface area contributed by atoms with Crippen molar-refractivity contribution in [2.45, 2.75) is 0 Å². The van der Waals surface area contributed by atoms with Crippen LogP contribution in [0.25, 0.3) is 89.0 Å². The highest BCUT2D eigenvalue weighted by molar-refractivity contribution is 7.09. The van der Waals surface area contributed by atoms with Crippen molar-refractivity contribution in [3.8, 4) is 89.0 Å². The summed E-state index contributed by atoms with van der Waals surface area (Å²) >= 11 is 0. The van der Waals surface area contributed by atoms with Crippen LogP contribution in [-0.2, 0) is 0 Å². The normalized spacial score (nSPS) is 14.5. The van der Waals surface area contributed by atoms with Gasteiger partial charge in [0.2, 0.25) is 26.9 Å². The van der Waals surface area contributed by atoms with Crippen molar-refractivity contribution in [2.75, 3.05) is 9.80 Å². The van der Waals surface area contributed by atoms with Crippen LogP contribution < -0.4 is 75.4 Å². The molecule has 12 aromatic carbocycles. The van der Waals surface area contributed by atoms with Gasteiger partial charge in [-0.15, -0.1) is 0 Å². The molecule has 0 aromatic heterocycles. The second-order valence-electron chi connectivity index (χ2n) is 23.3. The fourth-order valence-corrected chi connectivity index (χ4v) is 17.0. The van der Waals surface area contributed by atoms with Crippen molar-refractivity contribution in [2.24, 2.45) is 0 Å². The van der Waals surface area contributed by atoms with E-state index >= 15 is 0 Å². The van der Waals surface area contributed by atoms with Crippen molar-refractivity contribution >= 4 is 127 Å². The molecule has 0 spiro atoms. The maximum absolute atomic E-state index is 2.86. The maximum atomic E-state index is 2.86. The van der Waals surface area contributed by atoms with Gasteiger partial charge in [-0.05, 0) is 169 Å². The SMILES string of the molecule is c1ccc(-c2ccc3c(c2)-c2cc4c5c6c2B3c2ccc3c7c2N6c2c(ccc6c2N7c2c7c(cc8c2B6c2ccc(-c6ccccc6)cc2-8)-c2cc(-c6ccccc6)ccc2B37)B5c2ccc(-c3ccccc3)cc2-4)cc1. The fourth-order valence-electron chi connectivity index (χ4n) is 17.0. The van der Waals surface area contributed by atoms with E-state index in [0.717, 1.165) is 0 Å². The number of benzene rings is 12. The molecule has 0 saturated heterocycles. The molecule has 0 saturated carbocycles. The average Bonchev–Trinajstić information content (AvgIpc) is 3.98. The van der Waals surface area contributed by atoms with E-state index in [1.165, 1.54) is 189 Å². The van der Waals surface area contributed by atoms with Gasteiger partial charge in [0, 0.05) is 11.4 Å². The number of anilines is 6. The molecule has 0 unspecified atom stereocenters. The van der Waals surface area contributed by atoms with E-state index in [-0.39, 0.29) is 26.9 Å². The number of hydrogen-bond donors (Lipinski definition) is 0. The molecule has 0 amide bonds. The third-order valence-corrected chi connectivity index (χ3v) is 20.0. The first-order chi connectivity index (χ1) is 38.7. The van der Waals surface area contributed by atoms with Crippen molar-refractivity contribution in [1.29, 1.82) is 0 Å². The minimum Gasteiger partial charge on any atom is -0.308 e. The molecule has 0 bridgehead atoms. The summed E-state index contributed by atoms with van der Waals surface area (Å²) < 4.78 is 0. The van der Waals surface area contributed by atoms with Gasteiger partial charge < -0.3 is 9.80 Å². The van der Waals surface area contributed by atoms with E-state index in [1.54, 1.807) is 0 Å². The van der Waals surface area contributed by atoms with Gasteiger partial charge >= 0.3 is 0 Å². The molecule has 0 aliphatic carbocycles. The van der Waals surface area contributed by atoms with Gasteiger partial charge in [0.1, 0.15) is 0 Å². The first-order valence-corrected chi connectivity index (χ1v) is 27.9. The number of nitrogens with zero attached hydrogens (tertiary/aromatic N) is 2. The maximum Gasteiger partial charge on any atom is 0.248 e. The molecule has 9 aliphatic heterocycles. The number of hydrogen-bond acceptors (Lipinski definition) is 2. The lowest BCUT2D eigenvalue weighted by atomic mass is 9.29. The Balaban J connectivity index is 0.907. The topological polar surface area (TPSA) is 6.48 Å². The Hall–Kier alpha value is -9.50. The lowest BCUT2D eigenvalue weighted by Crippen LogP contribution is -2.68. The molecule has 9 aliphatic rings. The summed E-state index contributed by atoms with van der Waals surface area (Å²) in [4.78, 5) is 5.72. The largest absolute Gasteiger partial charge is 0.308 e. The Morgan fingerprint density at radius 2 is 0.410 bits per heavy atom. The van der Waals surface area contributed by atoms with E-state index in [1.807, 2.05) is 0 Å². The van der Waals surface area contributed by atoms with Gasteiger partial charge in [0.05, 0.1) is 22.7 Å². The van der Waals surface area contributed by atoms with Gasteiger partial charge in [-0.3, -0.25) is 0 Å². The van der Waals surface area contributed by atoms with E-state index in [0.29, 0.717) is 0 Å². The smallest absolute Gasteiger partial charge is 0.248 e. The zero-order valence-corrected chi connectivity index (χ0v) is 42.1. The van der Waals surface area contributed by atoms with Crippen LogP contribution in [0.15, 0.2) is 231 Å². The van der Waals surface area contributed by atoms with Crippen molar-refractivity contribution in [3.63, 3.8) is 0 Å². The Kier molecular flexibility index (Phi) is 6.92. The first kappa shape index (κ1) is 39.8. The fraction of sp³-hybridized carbons (Fsp3) is 0. The Bertz CT molecular complexity index is 4270. The van der Waals surface area contributed by atoms with E-state index in [9.17, 15) is 0 Å². The molecule has 12 aromatic rings. The van der Waals surface area contributed by atoms with Gasteiger partial charge in [-0.2, -0.15) is 0 Å². The van der Waals surface area contributed by atoms with E-state index < -0.39 is 0 Å². The molecule has 21 rings (SSSR count). The second-order valence-corrected chi connectivity index (χ2v) is 23.3. The summed E-state index contributed by atoms with van der Waals surface area (Å²) in [5.74, 6) is 0. The summed E-state index contributed by atoms with van der Waals surface area (Å²) in [6, 6.07) is 89.1. The van der Waals surface area contributed by atoms with Crippen LogP contribution in [0.3, 0.4) is 0 Å². The molecular formula is C72H38B4N2. The predicted molar refractivity (Wildman–Crippen MR) is 331 cm³/mol. The quantitative estimate of drug-likeness (QED) is 0.163. The van der Waals surface area contributed by atoms with Gasteiger partial charge in [0.15, 0.2) is 0 Å². The van der Waals surface area contributed by atoms with Crippen LogP contribution in [0.5, 0.6) is 0 Å². The lowest BCUT2D eigenvalue weighted by molar-refractivity contribution is 1.19. The third kappa shape index (κ3) is 4.47.